The topological polar surface area (TPSA) is 52.6 Å². The van der Waals surface area contributed by atoms with Gasteiger partial charge in [-0.25, -0.2) is 0 Å². The summed E-state index contributed by atoms with van der Waals surface area (Å²) in [5.74, 6) is 0.0836. The van der Waals surface area contributed by atoms with Crippen LogP contribution >= 0.6 is 0 Å². The minimum Gasteiger partial charge on any atom is -0.396 e. The van der Waals surface area contributed by atoms with Gasteiger partial charge in [-0.2, -0.15) is 0 Å². The molecular formula is C16H24N2O2. The Balaban J connectivity index is 2.01. The average molecular weight is 276 g/mol. The molecule has 1 amide bonds. The van der Waals surface area contributed by atoms with Crippen molar-refractivity contribution in [1.82, 2.24) is 4.90 Å². The fourth-order valence-electron chi connectivity index (χ4n) is 2.63. The summed E-state index contributed by atoms with van der Waals surface area (Å²) in [5.41, 5.74) is 3.05. The maximum Gasteiger partial charge on any atom is 0.255 e. The van der Waals surface area contributed by atoms with E-state index in [1.54, 1.807) is 4.90 Å². The van der Waals surface area contributed by atoms with E-state index in [1.165, 1.54) is 5.56 Å². The van der Waals surface area contributed by atoms with Gasteiger partial charge in [0.05, 0.1) is 11.3 Å². The molecule has 20 heavy (non-hydrogen) atoms. The molecule has 0 saturated heterocycles. The number of fused-ring (bicyclic) bond motifs is 1. The maximum absolute atomic E-state index is 12.5. The summed E-state index contributed by atoms with van der Waals surface area (Å²) in [6, 6.07) is 5.97. The van der Waals surface area contributed by atoms with Crippen molar-refractivity contribution in [2.45, 2.75) is 32.1 Å². The number of benzene rings is 1. The highest BCUT2D eigenvalue weighted by molar-refractivity contribution is 6.00. The van der Waals surface area contributed by atoms with Crippen molar-refractivity contribution >= 4 is 11.6 Å². The molecule has 0 spiro atoms. The molecule has 1 aliphatic rings. The van der Waals surface area contributed by atoms with Gasteiger partial charge in [-0.1, -0.05) is 12.1 Å². The average Bonchev–Trinajstić information content (AvgIpc) is 2.50. The Morgan fingerprint density at radius 3 is 3.00 bits per heavy atom. The Hall–Kier alpha value is -1.55. The zero-order valence-corrected chi connectivity index (χ0v) is 12.2. The third-order valence-corrected chi connectivity index (χ3v) is 3.80. The van der Waals surface area contributed by atoms with Gasteiger partial charge >= 0.3 is 0 Å². The SMILES string of the molecule is CN(CCCCCO)C(=O)c1cccc2c1NCCC2. The highest BCUT2D eigenvalue weighted by atomic mass is 16.2. The van der Waals surface area contributed by atoms with E-state index in [4.69, 9.17) is 5.11 Å². The summed E-state index contributed by atoms with van der Waals surface area (Å²) in [7, 11) is 1.85. The normalized spacial score (nSPS) is 13.5. The molecule has 0 fully saturated rings. The number of rotatable bonds is 6. The van der Waals surface area contributed by atoms with Gasteiger partial charge in [-0.05, 0) is 43.7 Å². The van der Waals surface area contributed by atoms with Crippen LogP contribution in [0.25, 0.3) is 0 Å². The minimum atomic E-state index is 0.0836. The fraction of sp³-hybridized carbons (Fsp3) is 0.562. The monoisotopic (exact) mass is 276 g/mol. The molecule has 4 nitrogen and oxygen atoms in total. The standard InChI is InChI=1S/C16H24N2O2/c1-18(11-3-2-4-12-19)16(20)14-9-5-7-13-8-6-10-17-15(13)14/h5,7,9,17,19H,2-4,6,8,10-12H2,1H3. The molecule has 2 N–H and O–H groups in total. The van der Waals surface area contributed by atoms with Gasteiger partial charge in [-0.15, -0.1) is 0 Å². The number of carbonyl (C=O) groups excluding carboxylic acids is 1. The van der Waals surface area contributed by atoms with E-state index >= 15 is 0 Å². The van der Waals surface area contributed by atoms with Gasteiger partial charge < -0.3 is 15.3 Å². The van der Waals surface area contributed by atoms with Crippen LogP contribution in [0.2, 0.25) is 0 Å². The summed E-state index contributed by atoms with van der Waals surface area (Å²) in [6.45, 7) is 1.91. The molecule has 0 saturated carbocycles. The molecule has 0 atom stereocenters. The molecular weight excluding hydrogens is 252 g/mol. The van der Waals surface area contributed by atoms with E-state index in [0.29, 0.717) is 0 Å². The zero-order valence-electron chi connectivity index (χ0n) is 12.2. The largest absolute Gasteiger partial charge is 0.396 e. The van der Waals surface area contributed by atoms with Gasteiger partial charge in [0.2, 0.25) is 0 Å². The van der Waals surface area contributed by atoms with E-state index in [0.717, 1.165) is 56.4 Å². The zero-order chi connectivity index (χ0) is 14.4. The molecule has 1 aliphatic heterocycles. The number of nitrogens with one attached hydrogen (secondary N) is 1. The van der Waals surface area contributed by atoms with Gasteiger partial charge in [-0.3, -0.25) is 4.79 Å². The lowest BCUT2D eigenvalue weighted by Crippen LogP contribution is -2.29. The molecule has 2 rings (SSSR count). The number of carbonyl (C=O) groups is 1. The summed E-state index contributed by atoms with van der Waals surface area (Å²) < 4.78 is 0. The number of hydrogen-bond donors (Lipinski definition) is 2. The van der Waals surface area contributed by atoms with Crippen molar-refractivity contribution in [3.8, 4) is 0 Å². The van der Waals surface area contributed by atoms with Crippen LogP contribution in [0.5, 0.6) is 0 Å². The Bertz CT molecular complexity index is 460. The van der Waals surface area contributed by atoms with Crippen LogP contribution in [0.15, 0.2) is 18.2 Å². The third-order valence-electron chi connectivity index (χ3n) is 3.80. The van der Waals surface area contributed by atoms with Crippen molar-refractivity contribution in [3.05, 3.63) is 29.3 Å². The molecule has 0 unspecified atom stereocenters. The van der Waals surface area contributed by atoms with Crippen molar-refractivity contribution < 1.29 is 9.90 Å². The number of unbranched alkanes of at least 4 members (excludes halogenated alkanes) is 2. The molecule has 0 aromatic heterocycles. The minimum absolute atomic E-state index is 0.0836. The second kappa shape index (κ2) is 7.29. The number of aliphatic hydroxyl groups is 1. The lowest BCUT2D eigenvalue weighted by atomic mass is 9.99. The van der Waals surface area contributed by atoms with Crippen LogP contribution < -0.4 is 5.32 Å². The number of amides is 1. The van der Waals surface area contributed by atoms with E-state index in [9.17, 15) is 4.79 Å². The summed E-state index contributed by atoms with van der Waals surface area (Å²) >= 11 is 0. The molecule has 0 bridgehead atoms. The molecule has 0 aliphatic carbocycles. The van der Waals surface area contributed by atoms with Crippen LogP contribution in [0.3, 0.4) is 0 Å². The highest BCUT2D eigenvalue weighted by Crippen LogP contribution is 2.26. The van der Waals surface area contributed by atoms with Crippen LogP contribution in [0, 0.1) is 0 Å². The molecule has 4 heteroatoms. The number of para-hydroxylation sites is 1. The molecule has 0 radical (unpaired) electrons. The Morgan fingerprint density at radius 1 is 1.35 bits per heavy atom. The van der Waals surface area contributed by atoms with Crippen molar-refractivity contribution in [3.63, 3.8) is 0 Å². The second-order valence-electron chi connectivity index (χ2n) is 5.38. The summed E-state index contributed by atoms with van der Waals surface area (Å²) in [4.78, 5) is 14.3. The first kappa shape index (κ1) is 14.9. The second-order valence-corrected chi connectivity index (χ2v) is 5.38. The Kier molecular flexibility index (Phi) is 5.41. The van der Waals surface area contributed by atoms with Crippen LogP contribution in [-0.4, -0.2) is 42.7 Å². The number of anilines is 1. The number of nitrogens with zero attached hydrogens (tertiary/aromatic N) is 1. The van der Waals surface area contributed by atoms with E-state index in [1.807, 2.05) is 19.2 Å². The quantitative estimate of drug-likeness (QED) is 0.784. The number of hydrogen-bond acceptors (Lipinski definition) is 3. The first-order valence-corrected chi connectivity index (χ1v) is 7.46. The lowest BCUT2D eigenvalue weighted by Gasteiger charge is -2.24. The number of aliphatic hydroxyl groups excluding tert-OH is 1. The van der Waals surface area contributed by atoms with Crippen LogP contribution in [-0.2, 0) is 6.42 Å². The first-order chi connectivity index (χ1) is 9.74. The van der Waals surface area contributed by atoms with E-state index in [2.05, 4.69) is 11.4 Å². The number of aryl methyl sites for hydroxylation is 1. The first-order valence-electron chi connectivity index (χ1n) is 7.46. The summed E-state index contributed by atoms with van der Waals surface area (Å²) in [5, 5.41) is 12.1. The van der Waals surface area contributed by atoms with Gasteiger partial charge in [0.15, 0.2) is 0 Å². The third kappa shape index (κ3) is 3.51. The highest BCUT2D eigenvalue weighted by Gasteiger charge is 2.19. The molecule has 1 heterocycles. The fourth-order valence-corrected chi connectivity index (χ4v) is 2.63. The molecule has 1 aromatic rings. The summed E-state index contributed by atoms with van der Waals surface area (Å²) in [6.07, 6.45) is 4.88. The van der Waals surface area contributed by atoms with Gasteiger partial charge in [0.25, 0.3) is 5.91 Å². The van der Waals surface area contributed by atoms with Crippen LogP contribution in [0.4, 0.5) is 5.69 Å². The smallest absolute Gasteiger partial charge is 0.255 e. The van der Waals surface area contributed by atoms with E-state index < -0.39 is 0 Å². The van der Waals surface area contributed by atoms with Crippen molar-refractivity contribution in [1.29, 1.82) is 0 Å². The predicted octanol–water partition coefficient (Wildman–Crippen LogP) is 2.28. The molecule has 1 aromatic carbocycles. The van der Waals surface area contributed by atoms with Crippen molar-refractivity contribution in [2.24, 2.45) is 0 Å². The van der Waals surface area contributed by atoms with Crippen molar-refractivity contribution in [2.75, 3.05) is 32.1 Å². The molecule has 110 valence electrons. The van der Waals surface area contributed by atoms with Gasteiger partial charge in [0, 0.05) is 26.7 Å². The maximum atomic E-state index is 12.5. The van der Waals surface area contributed by atoms with Crippen LogP contribution in [0.1, 0.15) is 41.6 Å². The Labute approximate surface area is 120 Å². The van der Waals surface area contributed by atoms with Gasteiger partial charge in [0.1, 0.15) is 0 Å². The van der Waals surface area contributed by atoms with E-state index in [-0.39, 0.29) is 12.5 Å². The lowest BCUT2D eigenvalue weighted by molar-refractivity contribution is 0.0793. The Morgan fingerprint density at radius 2 is 2.20 bits per heavy atom. The predicted molar refractivity (Wildman–Crippen MR) is 81.2 cm³/mol.